The van der Waals surface area contributed by atoms with Crippen molar-refractivity contribution in [3.8, 4) is 11.8 Å². The van der Waals surface area contributed by atoms with E-state index in [9.17, 15) is 4.79 Å². The molecule has 0 aliphatic carbocycles. The van der Waals surface area contributed by atoms with Gasteiger partial charge in [0.15, 0.2) is 0 Å². The monoisotopic (exact) mass is 378 g/mol. The van der Waals surface area contributed by atoms with Crippen molar-refractivity contribution in [1.82, 2.24) is 0 Å². The number of rotatable bonds is 2. The smallest absolute Gasteiger partial charge is 0.338 e. The predicted octanol–water partition coefficient (Wildman–Crippen LogP) is 5.82. The summed E-state index contributed by atoms with van der Waals surface area (Å²) in [6, 6.07) is 13.8. The number of fused-ring (bicyclic) bond motifs is 1. The van der Waals surface area contributed by atoms with Gasteiger partial charge in [-0.15, -0.1) is 11.8 Å². The molecule has 0 saturated carbocycles. The molecule has 0 aromatic heterocycles. The SMILES string of the molecule is CCOC(=O)c1ccc(C#Cc2ccc3c(c2)C(C)(C)CC(C)(C)S3)cc1. The van der Waals surface area contributed by atoms with Crippen molar-refractivity contribution >= 4 is 17.7 Å². The van der Waals surface area contributed by atoms with Gasteiger partial charge in [-0.1, -0.05) is 39.5 Å². The fraction of sp³-hybridized carbons (Fsp3) is 0.375. The highest BCUT2D eigenvalue weighted by atomic mass is 32.2. The average Bonchev–Trinajstić information content (AvgIpc) is 2.59. The number of thioether (sulfide) groups is 1. The van der Waals surface area contributed by atoms with Crippen LogP contribution in [0.2, 0.25) is 0 Å². The Balaban J connectivity index is 1.83. The van der Waals surface area contributed by atoms with E-state index >= 15 is 0 Å². The van der Waals surface area contributed by atoms with Crippen molar-refractivity contribution in [1.29, 1.82) is 0 Å². The molecule has 2 aromatic carbocycles. The van der Waals surface area contributed by atoms with Crippen molar-refractivity contribution in [3.63, 3.8) is 0 Å². The van der Waals surface area contributed by atoms with E-state index in [1.54, 1.807) is 19.1 Å². The number of esters is 1. The molecule has 0 spiro atoms. The highest BCUT2D eigenvalue weighted by Crippen LogP contribution is 2.50. The maximum atomic E-state index is 11.7. The summed E-state index contributed by atoms with van der Waals surface area (Å²) in [6.45, 7) is 11.4. The van der Waals surface area contributed by atoms with Gasteiger partial charge in [0.1, 0.15) is 0 Å². The molecule has 1 heterocycles. The Labute approximate surface area is 166 Å². The van der Waals surface area contributed by atoms with E-state index in [1.165, 1.54) is 10.5 Å². The van der Waals surface area contributed by atoms with E-state index in [2.05, 4.69) is 57.7 Å². The second kappa shape index (κ2) is 7.44. The summed E-state index contributed by atoms with van der Waals surface area (Å²) in [6.07, 6.45) is 1.14. The van der Waals surface area contributed by atoms with Crippen molar-refractivity contribution in [2.45, 2.75) is 56.1 Å². The number of benzene rings is 2. The average molecular weight is 379 g/mol. The van der Waals surface area contributed by atoms with Gasteiger partial charge in [-0.25, -0.2) is 4.79 Å². The Morgan fingerprint density at radius 2 is 1.67 bits per heavy atom. The van der Waals surface area contributed by atoms with Crippen LogP contribution in [0.4, 0.5) is 0 Å². The van der Waals surface area contributed by atoms with Gasteiger partial charge in [0.05, 0.1) is 12.2 Å². The molecule has 0 fully saturated rings. The minimum atomic E-state index is -0.297. The van der Waals surface area contributed by atoms with Crippen molar-refractivity contribution in [2.24, 2.45) is 0 Å². The fourth-order valence-corrected chi connectivity index (χ4v) is 5.38. The highest BCUT2D eigenvalue weighted by Gasteiger charge is 2.37. The van der Waals surface area contributed by atoms with Gasteiger partial charge in [0.25, 0.3) is 0 Å². The van der Waals surface area contributed by atoms with Gasteiger partial charge in [-0.3, -0.25) is 0 Å². The molecular formula is C24H26O2S. The van der Waals surface area contributed by atoms with E-state index in [-0.39, 0.29) is 16.1 Å². The van der Waals surface area contributed by atoms with Crippen LogP contribution in [0.1, 0.15) is 68.1 Å². The first-order valence-electron chi connectivity index (χ1n) is 9.33. The molecule has 0 bridgehead atoms. The fourth-order valence-electron chi connectivity index (χ4n) is 3.77. The zero-order valence-electron chi connectivity index (χ0n) is 16.7. The number of ether oxygens (including phenoxy) is 1. The molecular weight excluding hydrogens is 352 g/mol. The van der Waals surface area contributed by atoms with E-state index in [1.807, 2.05) is 23.9 Å². The quantitative estimate of drug-likeness (QED) is 0.487. The summed E-state index contributed by atoms with van der Waals surface area (Å²) in [4.78, 5) is 13.1. The van der Waals surface area contributed by atoms with Crippen LogP contribution < -0.4 is 0 Å². The lowest BCUT2D eigenvalue weighted by atomic mass is 9.76. The van der Waals surface area contributed by atoms with Gasteiger partial charge >= 0.3 is 5.97 Å². The molecule has 27 heavy (non-hydrogen) atoms. The topological polar surface area (TPSA) is 26.3 Å². The van der Waals surface area contributed by atoms with Crippen LogP contribution in [0, 0.1) is 11.8 Å². The zero-order valence-corrected chi connectivity index (χ0v) is 17.5. The summed E-state index contributed by atoms with van der Waals surface area (Å²) >= 11 is 1.96. The predicted molar refractivity (Wildman–Crippen MR) is 112 cm³/mol. The first-order valence-corrected chi connectivity index (χ1v) is 10.1. The molecule has 3 heteroatoms. The summed E-state index contributed by atoms with van der Waals surface area (Å²) < 4.78 is 5.26. The van der Waals surface area contributed by atoms with Crippen LogP contribution in [-0.2, 0) is 10.2 Å². The minimum absolute atomic E-state index is 0.142. The van der Waals surface area contributed by atoms with Crippen LogP contribution in [0.5, 0.6) is 0 Å². The Bertz CT molecular complexity index is 912. The third kappa shape index (κ3) is 4.57. The third-order valence-electron chi connectivity index (χ3n) is 4.71. The van der Waals surface area contributed by atoms with Gasteiger partial charge in [-0.05, 0) is 66.8 Å². The Morgan fingerprint density at radius 3 is 2.33 bits per heavy atom. The first-order chi connectivity index (χ1) is 12.7. The van der Waals surface area contributed by atoms with E-state index in [0.717, 1.165) is 17.5 Å². The Morgan fingerprint density at radius 1 is 1.04 bits per heavy atom. The second-order valence-electron chi connectivity index (χ2n) is 8.18. The second-order valence-corrected chi connectivity index (χ2v) is 9.93. The molecule has 1 aliphatic heterocycles. The van der Waals surface area contributed by atoms with Gasteiger partial charge in [0, 0.05) is 20.8 Å². The standard InChI is InChI=1S/C24H26O2S/c1-6-26-22(25)19-12-9-17(10-13-19)7-8-18-11-14-21-20(15-18)23(2,3)16-24(4,5)27-21/h9-15H,6,16H2,1-5H3. The first kappa shape index (κ1) is 19.6. The zero-order chi connectivity index (χ0) is 19.7. The molecule has 1 aliphatic rings. The summed E-state index contributed by atoms with van der Waals surface area (Å²) in [7, 11) is 0. The van der Waals surface area contributed by atoms with E-state index < -0.39 is 0 Å². The molecule has 0 atom stereocenters. The number of carbonyl (C=O) groups is 1. The molecule has 2 nitrogen and oxygen atoms in total. The molecule has 2 aromatic rings. The number of carbonyl (C=O) groups excluding carboxylic acids is 1. The normalized spacial score (nSPS) is 16.6. The van der Waals surface area contributed by atoms with Gasteiger partial charge in [0.2, 0.25) is 0 Å². The number of hydrogen-bond acceptors (Lipinski definition) is 3. The summed E-state index contributed by atoms with van der Waals surface area (Å²) in [5.74, 6) is 6.17. The molecule has 3 rings (SSSR count). The van der Waals surface area contributed by atoms with E-state index in [0.29, 0.717) is 12.2 Å². The summed E-state index contributed by atoms with van der Waals surface area (Å²) in [5.41, 5.74) is 3.99. The Kier molecular flexibility index (Phi) is 5.40. The molecule has 140 valence electrons. The molecule has 0 amide bonds. The van der Waals surface area contributed by atoms with Crippen LogP contribution in [0.25, 0.3) is 0 Å². The highest BCUT2D eigenvalue weighted by molar-refractivity contribution is 8.00. The summed E-state index contributed by atoms with van der Waals surface area (Å²) in [5, 5.41) is 0. The lowest BCUT2D eigenvalue weighted by Gasteiger charge is -2.41. The minimum Gasteiger partial charge on any atom is -0.462 e. The molecule has 0 saturated heterocycles. The van der Waals surface area contributed by atoms with Crippen LogP contribution >= 0.6 is 11.8 Å². The Hall–Kier alpha value is -2.18. The largest absolute Gasteiger partial charge is 0.462 e. The third-order valence-corrected chi connectivity index (χ3v) is 5.98. The lowest BCUT2D eigenvalue weighted by Crippen LogP contribution is -2.33. The van der Waals surface area contributed by atoms with Gasteiger partial charge < -0.3 is 4.74 Å². The maximum Gasteiger partial charge on any atom is 0.338 e. The van der Waals surface area contributed by atoms with E-state index in [4.69, 9.17) is 4.74 Å². The molecule has 0 unspecified atom stereocenters. The molecule has 0 N–H and O–H groups in total. The maximum absolute atomic E-state index is 11.7. The van der Waals surface area contributed by atoms with Crippen LogP contribution in [0.3, 0.4) is 0 Å². The van der Waals surface area contributed by atoms with Crippen LogP contribution in [0.15, 0.2) is 47.4 Å². The van der Waals surface area contributed by atoms with Gasteiger partial charge in [-0.2, -0.15) is 0 Å². The lowest BCUT2D eigenvalue weighted by molar-refractivity contribution is 0.0526. The number of hydrogen-bond donors (Lipinski definition) is 0. The van der Waals surface area contributed by atoms with Crippen molar-refractivity contribution in [3.05, 3.63) is 64.7 Å². The van der Waals surface area contributed by atoms with Crippen molar-refractivity contribution in [2.75, 3.05) is 6.61 Å². The van der Waals surface area contributed by atoms with Crippen LogP contribution in [-0.4, -0.2) is 17.3 Å². The van der Waals surface area contributed by atoms with Crippen molar-refractivity contribution < 1.29 is 9.53 Å². The molecule has 0 radical (unpaired) electrons.